The number of hydrogen-bond acceptors (Lipinski definition) is 10. The second-order valence-electron chi connectivity index (χ2n) is 13.2. The van der Waals surface area contributed by atoms with Gasteiger partial charge in [-0.1, -0.05) is 106 Å². The second-order valence-corrected chi connectivity index (χ2v) is 33.3. The molecule has 8 aromatic rings. The van der Waals surface area contributed by atoms with Crippen molar-refractivity contribution in [3.8, 4) is 56.3 Å². The van der Waals surface area contributed by atoms with Gasteiger partial charge in [0.1, 0.15) is 29.1 Å². The number of furan rings is 2. The number of aliphatic hydroxyl groups excluding tert-OH is 1. The van der Waals surface area contributed by atoms with Gasteiger partial charge in [0.05, 0.1) is 23.0 Å². The van der Waals surface area contributed by atoms with E-state index in [0.717, 1.165) is 87.3 Å². The Labute approximate surface area is 373 Å². The van der Waals surface area contributed by atoms with Crippen molar-refractivity contribution in [3.05, 3.63) is 150 Å². The van der Waals surface area contributed by atoms with Gasteiger partial charge in [0.15, 0.2) is 28.1 Å². The van der Waals surface area contributed by atoms with Gasteiger partial charge < -0.3 is 32.2 Å². The Morgan fingerprint density at radius 2 is 1.08 bits per heavy atom. The molecule has 0 aliphatic carbocycles. The lowest BCUT2D eigenvalue weighted by Gasteiger charge is -2.08. The highest BCUT2D eigenvalue weighted by molar-refractivity contribution is 8.92. The molecule has 1 N–H and O–H groups in total. The number of rotatable bonds is 7. The van der Waals surface area contributed by atoms with Crippen molar-refractivity contribution >= 4 is 61.3 Å². The third-order valence-electron chi connectivity index (χ3n) is 8.86. The Hall–Kier alpha value is -3.36. The van der Waals surface area contributed by atoms with Gasteiger partial charge in [-0.05, 0) is 107 Å². The molecular formula is C44H50ClN3O7P6. The van der Waals surface area contributed by atoms with Gasteiger partial charge in [-0.25, -0.2) is 0 Å². The minimum atomic E-state index is 0.0997. The van der Waals surface area contributed by atoms with Crippen LogP contribution in [0, 0.1) is 20.8 Å². The van der Waals surface area contributed by atoms with E-state index in [1.807, 2.05) is 112 Å². The van der Waals surface area contributed by atoms with Crippen LogP contribution in [0.4, 0.5) is 0 Å². The van der Waals surface area contributed by atoms with E-state index in [2.05, 4.69) is 63.3 Å². The minimum absolute atomic E-state index is 0.0997. The fourth-order valence-electron chi connectivity index (χ4n) is 6.18. The van der Waals surface area contributed by atoms with Crippen LogP contribution in [0.5, 0.6) is 0 Å². The van der Waals surface area contributed by atoms with E-state index in [0.29, 0.717) is 16.7 Å². The highest BCUT2D eigenvalue weighted by atomic mass is 35.5. The monoisotopic (exact) mass is 953 g/mol. The van der Waals surface area contributed by atoms with E-state index in [4.69, 9.17) is 43.8 Å². The lowest BCUT2D eigenvalue weighted by Crippen LogP contribution is -1.98. The zero-order valence-electron chi connectivity index (χ0n) is 34.3. The number of aryl methyl sites for hydroxylation is 3. The van der Waals surface area contributed by atoms with Crippen molar-refractivity contribution in [3.63, 3.8) is 0 Å². The van der Waals surface area contributed by atoms with Gasteiger partial charge >= 0.3 is 0 Å². The zero-order valence-corrected chi connectivity index (χ0v) is 41.4. The van der Waals surface area contributed by atoms with Gasteiger partial charge in [0, 0.05) is 13.2 Å². The first-order valence-electron chi connectivity index (χ1n) is 19.2. The number of aromatic nitrogens is 3. The third-order valence-corrected chi connectivity index (χ3v) is 30.4. The van der Waals surface area contributed by atoms with Crippen LogP contribution in [0.15, 0.2) is 144 Å². The maximum absolute atomic E-state index is 7.57. The fourth-order valence-corrected chi connectivity index (χ4v) is 6.33. The quantitative estimate of drug-likeness (QED) is 0.154. The number of hydrogen-bond donors (Lipinski definition) is 1. The van der Waals surface area contributed by atoms with Crippen molar-refractivity contribution in [1.82, 2.24) is 15.5 Å². The molecule has 0 spiro atoms. The molecule has 1 saturated heterocycles. The number of benzene rings is 3. The Morgan fingerprint density at radius 3 is 1.49 bits per heavy atom. The summed E-state index contributed by atoms with van der Waals surface area (Å²) in [5.41, 5.74) is 8.66. The standard InChI is InChI=1S/C14H10ClNO2.C14H15NO2.C14H11NO2.C2H6O.H8P6/c1-9-13(10-5-3-2-4-6-10)14(16-18-9)11-7-8-12(15)17-11;2*1-10-13(11-6-3-2-4-7-11)14(15-17-10)12-8-5-9-16-12;1-2-3;1-5(2)6(3)4/h2-8H,1H3;2-4,6-7,12H,5,8-9H2,1H3;2-9H,1H3;3H,2H2,1H3;1-4H2. The van der Waals surface area contributed by atoms with E-state index in [9.17, 15) is 0 Å². The summed E-state index contributed by atoms with van der Waals surface area (Å²) in [6.45, 7) is 8.82. The molecule has 320 valence electrons. The van der Waals surface area contributed by atoms with Gasteiger partial charge in [-0.3, -0.25) is 0 Å². The first kappa shape index (κ1) is 48.7. The molecule has 5 unspecified atom stereocenters. The van der Waals surface area contributed by atoms with Crippen LogP contribution >= 0.6 is 61.3 Å². The van der Waals surface area contributed by atoms with Crippen LogP contribution in [-0.4, -0.2) is 33.8 Å². The maximum atomic E-state index is 7.57. The van der Waals surface area contributed by atoms with Crippen LogP contribution in [-0.2, 0) is 4.74 Å². The molecule has 1 fully saturated rings. The minimum Gasteiger partial charge on any atom is -0.463 e. The lowest BCUT2D eigenvalue weighted by molar-refractivity contribution is 0.106. The van der Waals surface area contributed by atoms with Crippen molar-refractivity contribution < 1.29 is 32.2 Å². The first-order valence-corrected chi connectivity index (χ1v) is 29.4. The molecule has 61 heavy (non-hydrogen) atoms. The zero-order chi connectivity index (χ0) is 43.7. The second kappa shape index (κ2) is 25.1. The summed E-state index contributed by atoms with van der Waals surface area (Å²) >= 11 is 5.79. The smallest absolute Gasteiger partial charge is 0.194 e. The van der Waals surface area contributed by atoms with E-state index in [1.54, 1.807) is 25.3 Å². The summed E-state index contributed by atoms with van der Waals surface area (Å²) in [6.07, 6.45) is 3.87. The first-order chi connectivity index (χ1) is 29.5. The summed E-state index contributed by atoms with van der Waals surface area (Å²) in [4.78, 5) is 0. The highest BCUT2D eigenvalue weighted by Crippen LogP contribution is 2.86. The molecule has 1 aliphatic rings. The summed E-state index contributed by atoms with van der Waals surface area (Å²) in [5, 5.41) is 20.2. The van der Waals surface area contributed by atoms with Crippen molar-refractivity contribution in [2.75, 3.05) is 13.2 Å². The molecular weight excluding hydrogens is 904 g/mol. The summed E-state index contributed by atoms with van der Waals surface area (Å²) < 4.78 is 32.3. The molecule has 3 aromatic carbocycles. The number of nitrogens with zero attached hydrogens (tertiary/aromatic N) is 3. The van der Waals surface area contributed by atoms with E-state index < -0.39 is 0 Å². The number of ether oxygens (including phenoxy) is 1. The van der Waals surface area contributed by atoms with E-state index in [1.165, 1.54) is 0 Å². The Morgan fingerprint density at radius 1 is 0.623 bits per heavy atom. The topological polar surface area (TPSA) is 134 Å². The largest absolute Gasteiger partial charge is 0.463 e. The van der Waals surface area contributed by atoms with Crippen molar-refractivity contribution in [1.29, 1.82) is 0 Å². The summed E-state index contributed by atoms with van der Waals surface area (Å²) in [5.74, 6) is 3.74. The predicted molar refractivity (Wildman–Crippen MR) is 264 cm³/mol. The molecule has 10 nitrogen and oxygen atoms in total. The van der Waals surface area contributed by atoms with Gasteiger partial charge in [0.2, 0.25) is 0 Å². The summed E-state index contributed by atoms with van der Waals surface area (Å²) in [6, 6.07) is 37.4. The third kappa shape index (κ3) is 13.8. The molecule has 0 amide bonds. The van der Waals surface area contributed by atoms with Gasteiger partial charge in [-0.15, -0.1) is 35.7 Å². The van der Waals surface area contributed by atoms with E-state index in [-0.39, 0.29) is 26.7 Å². The molecule has 17 heteroatoms. The number of halogens is 1. The van der Waals surface area contributed by atoms with Crippen LogP contribution in [0.3, 0.4) is 0 Å². The van der Waals surface area contributed by atoms with Gasteiger partial charge in [-0.2, -0.15) is 0 Å². The molecule has 0 saturated carbocycles. The molecule has 9 rings (SSSR count). The molecule has 1 aliphatic heterocycles. The van der Waals surface area contributed by atoms with Crippen molar-refractivity contribution in [2.24, 2.45) is 0 Å². The van der Waals surface area contributed by atoms with Gasteiger partial charge in [0.25, 0.3) is 0 Å². The molecule has 5 atom stereocenters. The normalized spacial score (nSPS) is 13.0. The van der Waals surface area contributed by atoms with E-state index >= 15 is 0 Å². The summed E-state index contributed by atoms with van der Waals surface area (Å²) in [7, 11) is 11.2. The van der Waals surface area contributed by atoms with Crippen LogP contribution in [0.25, 0.3) is 56.3 Å². The maximum Gasteiger partial charge on any atom is 0.194 e. The Balaban J connectivity index is 0.000000158. The fraction of sp³-hybridized carbons (Fsp3) is 0.205. The average molecular weight is 954 g/mol. The molecule has 6 heterocycles. The predicted octanol–water partition coefficient (Wildman–Crippen LogP) is 15.0. The van der Waals surface area contributed by atoms with Crippen LogP contribution < -0.4 is 0 Å². The lowest BCUT2D eigenvalue weighted by atomic mass is 10.00. The average Bonchev–Trinajstić information content (AvgIpc) is 4.14. The van der Waals surface area contributed by atoms with Crippen molar-refractivity contribution in [2.45, 2.75) is 46.6 Å². The molecule has 5 aromatic heterocycles. The Bertz CT molecular complexity index is 2450. The number of aliphatic hydroxyl groups is 1. The SMILES string of the molecule is CCO.Cc1onc(-c2ccc(Cl)o2)c1-c1ccccc1.Cc1onc(-c2ccco2)c1-c1ccccc1.Cc1onc(C2CCCO2)c1-c1ccccc1.PP(P)P(P)P. The highest BCUT2D eigenvalue weighted by Gasteiger charge is 2.26. The molecule has 0 bridgehead atoms. The van der Waals surface area contributed by atoms with Crippen LogP contribution in [0.2, 0.25) is 5.22 Å². The molecule has 0 radical (unpaired) electrons. The van der Waals surface area contributed by atoms with Crippen LogP contribution in [0.1, 0.15) is 48.8 Å². The Kier molecular flexibility index (Phi) is 20.0.